The van der Waals surface area contributed by atoms with Crippen molar-refractivity contribution in [3.05, 3.63) is 0 Å². The van der Waals surface area contributed by atoms with Crippen molar-refractivity contribution in [2.24, 2.45) is 0 Å². The van der Waals surface area contributed by atoms with Crippen LogP contribution < -0.4 is 0 Å². The average Bonchev–Trinajstić information content (AvgIpc) is 2.09. The van der Waals surface area contributed by atoms with E-state index in [2.05, 4.69) is 0 Å². The Kier molecular flexibility index (Phi) is 13.2. The summed E-state index contributed by atoms with van der Waals surface area (Å²) in [6.45, 7) is 5.03. The largest absolute Gasteiger partial charge is 0.481 e. The maximum absolute atomic E-state index is 10.4. The van der Waals surface area contributed by atoms with Crippen molar-refractivity contribution in [2.75, 3.05) is 13.2 Å². The molecule has 0 aromatic heterocycles. The first kappa shape index (κ1) is 16.5. The second-order valence-electron chi connectivity index (χ2n) is 2.77. The summed E-state index contributed by atoms with van der Waals surface area (Å²) in [7, 11) is 0. The number of hydrogen-bond acceptors (Lipinski definition) is 3. The number of aliphatic carboxylic acids is 1. The number of rotatable bonds is 8. The van der Waals surface area contributed by atoms with Gasteiger partial charge in [0.15, 0.2) is 6.29 Å². The first-order valence-electron chi connectivity index (χ1n) is 4.65. The minimum absolute atomic E-state index is 0. The van der Waals surface area contributed by atoms with Gasteiger partial charge in [-0.2, -0.15) is 0 Å². The van der Waals surface area contributed by atoms with E-state index in [1.807, 2.05) is 13.8 Å². The Bertz CT molecular complexity index is 133. The van der Waals surface area contributed by atoms with E-state index >= 15 is 0 Å². The Balaban J connectivity index is 0. The number of carbonyl (C=O) groups is 1. The molecule has 0 aromatic carbocycles. The molecule has 4 nitrogen and oxygen atoms in total. The van der Waals surface area contributed by atoms with Crippen LogP contribution in [0.4, 0.5) is 0 Å². The molecule has 0 aliphatic heterocycles. The summed E-state index contributed by atoms with van der Waals surface area (Å²) >= 11 is 0. The third-order valence-electron chi connectivity index (χ3n) is 1.36. The van der Waals surface area contributed by atoms with Crippen LogP contribution in [0.1, 0.15) is 33.1 Å². The summed E-state index contributed by atoms with van der Waals surface area (Å²) in [4.78, 5) is 10.4. The van der Waals surface area contributed by atoms with Crippen molar-refractivity contribution < 1.29 is 41.1 Å². The van der Waals surface area contributed by atoms with E-state index in [1.54, 1.807) is 0 Å². The van der Waals surface area contributed by atoms with E-state index in [1.165, 1.54) is 0 Å². The predicted octanol–water partition coefficient (Wildman–Crippen LogP) is 1.64. The maximum Gasteiger partial charge on any atom is 0.308 e. The van der Waals surface area contributed by atoms with Gasteiger partial charge in [0.05, 0.1) is 6.42 Å². The molecule has 0 bridgehead atoms. The molecule has 0 radical (unpaired) electrons. The molecule has 0 heterocycles. The van der Waals surface area contributed by atoms with E-state index in [4.69, 9.17) is 14.6 Å². The number of hydrogen-bond donors (Lipinski definition) is 1. The quantitative estimate of drug-likeness (QED) is 0.515. The van der Waals surface area contributed by atoms with Gasteiger partial charge in [-0.25, -0.2) is 0 Å². The second kappa shape index (κ2) is 11.2. The second-order valence-corrected chi connectivity index (χ2v) is 2.77. The van der Waals surface area contributed by atoms with E-state index in [-0.39, 0.29) is 28.1 Å². The van der Waals surface area contributed by atoms with Gasteiger partial charge in [-0.05, 0) is 12.8 Å². The summed E-state index contributed by atoms with van der Waals surface area (Å²) < 4.78 is 10.4. The molecule has 0 unspecified atom stereocenters. The van der Waals surface area contributed by atoms with E-state index < -0.39 is 12.3 Å². The van der Waals surface area contributed by atoms with Gasteiger partial charge in [0.1, 0.15) is 0 Å². The van der Waals surface area contributed by atoms with Crippen molar-refractivity contribution in [2.45, 2.75) is 39.4 Å². The van der Waals surface area contributed by atoms with Gasteiger partial charge < -0.3 is 14.6 Å². The molecule has 0 aliphatic carbocycles. The zero-order valence-electron chi connectivity index (χ0n) is 8.78. The van der Waals surface area contributed by atoms with Crippen LogP contribution >= 0.6 is 0 Å². The Morgan fingerprint density at radius 3 is 1.93 bits per heavy atom. The molecule has 0 aliphatic rings. The summed E-state index contributed by atoms with van der Waals surface area (Å²) in [5, 5.41) is 8.52. The molecule has 0 rings (SSSR count). The third kappa shape index (κ3) is 10.2. The van der Waals surface area contributed by atoms with Crippen molar-refractivity contribution >= 4 is 5.97 Å². The molecule has 0 saturated carbocycles. The Morgan fingerprint density at radius 1 is 1.21 bits per heavy atom. The van der Waals surface area contributed by atoms with E-state index in [9.17, 15) is 4.79 Å². The Labute approximate surface area is 99.8 Å². The molecule has 14 heavy (non-hydrogen) atoms. The molecule has 0 atom stereocenters. The fourth-order valence-corrected chi connectivity index (χ4v) is 0.807. The van der Waals surface area contributed by atoms with Crippen LogP contribution in [0.2, 0.25) is 0 Å². The van der Waals surface area contributed by atoms with Gasteiger partial charge >= 0.3 is 5.97 Å². The number of carboxylic acid groups (broad SMARTS) is 1. The van der Waals surface area contributed by atoms with Crippen molar-refractivity contribution in [1.82, 2.24) is 0 Å². The average molecular weight is 238 g/mol. The van der Waals surface area contributed by atoms with Crippen LogP contribution in [-0.2, 0) is 36.0 Å². The van der Waals surface area contributed by atoms with Gasteiger partial charge in [0.2, 0.25) is 0 Å². The van der Waals surface area contributed by atoms with Crippen LogP contribution in [-0.4, -0.2) is 30.6 Å². The molecule has 1 N–H and O–H groups in total. The molecular weight excluding hydrogens is 220 g/mol. The minimum atomic E-state index is -0.891. The fraction of sp³-hybridized carbons (Fsp3) is 0.889. The summed E-state index contributed by atoms with van der Waals surface area (Å²) in [5.74, 6) is -0.891. The minimum Gasteiger partial charge on any atom is -0.481 e. The van der Waals surface area contributed by atoms with Crippen molar-refractivity contribution in [3.8, 4) is 0 Å². The number of carboxylic acids is 1. The van der Waals surface area contributed by atoms with Crippen LogP contribution in [0.3, 0.4) is 0 Å². The molecule has 5 heteroatoms. The summed E-state index contributed by atoms with van der Waals surface area (Å²) in [5.41, 5.74) is 0. The van der Waals surface area contributed by atoms with Crippen molar-refractivity contribution in [1.29, 1.82) is 0 Å². The first-order chi connectivity index (χ1) is 6.20. The van der Waals surface area contributed by atoms with Crippen LogP contribution in [0.5, 0.6) is 0 Å². The molecule has 0 saturated heterocycles. The molecule has 0 aromatic rings. The topological polar surface area (TPSA) is 55.8 Å². The number of ether oxygens (including phenoxy) is 2. The smallest absolute Gasteiger partial charge is 0.308 e. The molecule has 0 spiro atoms. The van der Waals surface area contributed by atoms with Gasteiger partial charge in [-0.15, -0.1) is 0 Å². The monoisotopic (exact) mass is 238 g/mol. The summed E-state index contributed by atoms with van der Waals surface area (Å²) in [6.07, 6.45) is 1.06. The predicted molar refractivity (Wildman–Crippen MR) is 48.5 cm³/mol. The first-order valence-corrected chi connectivity index (χ1v) is 4.65. The molecular formula is C9H18O4Ti. The van der Waals surface area contributed by atoms with Crippen molar-refractivity contribution in [3.63, 3.8) is 0 Å². The van der Waals surface area contributed by atoms with E-state index in [0.717, 1.165) is 12.8 Å². The zero-order valence-corrected chi connectivity index (χ0v) is 10.3. The van der Waals surface area contributed by atoms with Crippen LogP contribution in [0.25, 0.3) is 0 Å². The molecule has 0 amide bonds. The fourth-order valence-electron chi connectivity index (χ4n) is 0.807. The third-order valence-corrected chi connectivity index (χ3v) is 1.36. The Morgan fingerprint density at radius 2 is 1.64 bits per heavy atom. The zero-order chi connectivity index (χ0) is 10.1. The van der Waals surface area contributed by atoms with Gasteiger partial charge in [-0.3, -0.25) is 4.79 Å². The maximum atomic E-state index is 10.4. The summed E-state index contributed by atoms with van der Waals surface area (Å²) in [6, 6.07) is 0. The van der Waals surface area contributed by atoms with E-state index in [0.29, 0.717) is 13.2 Å². The van der Waals surface area contributed by atoms with Gasteiger partial charge in [-0.1, -0.05) is 13.8 Å². The SMILES string of the molecule is CCCOC(CC(=O)O)OCCC.[Ti]. The van der Waals surface area contributed by atoms with Gasteiger partial charge in [0, 0.05) is 34.9 Å². The van der Waals surface area contributed by atoms with Crippen LogP contribution in [0, 0.1) is 0 Å². The Hall–Kier alpha value is 0.104. The standard InChI is InChI=1S/C9H18O4.Ti/c1-3-5-12-9(7-8(10)11)13-6-4-2;/h9H,3-7H2,1-2H3,(H,10,11);. The normalized spacial score (nSPS) is 9.93. The molecule has 82 valence electrons. The van der Waals surface area contributed by atoms with Gasteiger partial charge in [0.25, 0.3) is 0 Å². The van der Waals surface area contributed by atoms with Crippen LogP contribution in [0.15, 0.2) is 0 Å². The molecule has 0 fully saturated rings.